The molecule has 0 saturated heterocycles. The molecular weight excluding hydrogens is 252 g/mol. The van der Waals surface area contributed by atoms with Gasteiger partial charge in [0.2, 0.25) is 0 Å². The normalized spacial score (nSPS) is 12.2. The second-order valence-corrected chi connectivity index (χ2v) is 5.00. The van der Waals surface area contributed by atoms with Gasteiger partial charge in [0.05, 0.1) is 12.6 Å². The van der Waals surface area contributed by atoms with E-state index in [0.717, 1.165) is 43.7 Å². The number of hydrogen-bond acceptors (Lipinski definition) is 4. The summed E-state index contributed by atoms with van der Waals surface area (Å²) < 4.78 is 5.66. The van der Waals surface area contributed by atoms with Crippen LogP contribution >= 0.6 is 0 Å². The lowest BCUT2D eigenvalue weighted by atomic mass is 10.0. The molecule has 1 unspecified atom stereocenters. The summed E-state index contributed by atoms with van der Waals surface area (Å²) >= 11 is 0. The quantitative estimate of drug-likeness (QED) is 0.642. The summed E-state index contributed by atoms with van der Waals surface area (Å²) in [7, 11) is 1.81. The highest BCUT2D eigenvalue weighted by molar-refractivity contribution is 5.81. The van der Waals surface area contributed by atoms with Crippen molar-refractivity contribution in [2.24, 2.45) is 5.73 Å². The molecule has 1 rings (SSSR count). The van der Waals surface area contributed by atoms with Crippen molar-refractivity contribution in [3.63, 3.8) is 0 Å². The molecule has 4 nitrogen and oxygen atoms in total. The Hall–Kier alpha value is -1.39. The number of benzene rings is 1. The van der Waals surface area contributed by atoms with Gasteiger partial charge in [-0.3, -0.25) is 4.79 Å². The zero-order valence-corrected chi connectivity index (χ0v) is 12.5. The van der Waals surface area contributed by atoms with Crippen molar-refractivity contribution in [2.75, 3.05) is 20.2 Å². The minimum absolute atomic E-state index is 0.113. The average Bonchev–Trinajstić information content (AvgIpc) is 2.45. The lowest BCUT2D eigenvalue weighted by Gasteiger charge is -2.13. The standard InChI is InChI=1S/C16H26N2O2/c1-13(19)16(18-2)12-14-6-8-15(9-7-14)20-11-5-3-4-10-17/h6-9,16,18H,3-5,10-12,17H2,1-2H3. The van der Waals surface area contributed by atoms with Gasteiger partial charge in [-0.05, 0) is 63.9 Å². The van der Waals surface area contributed by atoms with Gasteiger partial charge in [-0.2, -0.15) is 0 Å². The van der Waals surface area contributed by atoms with E-state index in [2.05, 4.69) is 5.32 Å². The Morgan fingerprint density at radius 2 is 1.95 bits per heavy atom. The molecule has 0 saturated carbocycles. The van der Waals surface area contributed by atoms with Crippen LogP contribution in [-0.2, 0) is 11.2 Å². The summed E-state index contributed by atoms with van der Waals surface area (Å²) in [5, 5.41) is 3.03. The van der Waals surface area contributed by atoms with Crippen molar-refractivity contribution in [1.29, 1.82) is 0 Å². The van der Waals surface area contributed by atoms with E-state index >= 15 is 0 Å². The number of ketones is 1. The number of nitrogens with two attached hydrogens (primary N) is 1. The fourth-order valence-corrected chi connectivity index (χ4v) is 2.02. The molecule has 0 fully saturated rings. The lowest BCUT2D eigenvalue weighted by molar-refractivity contribution is -0.118. The Balaban J connectivity index is 2.38. The molecule has 0 aliphatic heterocycles. The number of carbonyl (C=O) groups is 1. The molecule has 1 atom stereocenters. The Morgan fingerprint density at radius 1 is 1.25 bits per heavy atom. The van der Waals surface area contributed by atoms with Crippen LogP contribution in [0.1, 0.15) is 31.7 Å². The second-order valence-electron chi connectivity index (χ2n) is 5.00. The van der Waals surface area contributed by atoms with Crippen LogP contribution in [0.2, 0.25) is 0 Å². The van der Waals surface area contributed by atoms with Crippen LogP contribution in [-0.4, -0.2) is 32.0 Å². The number of carbonyl (C=O) groups excluding carboxylic acids is 1. The zero-order valence-electron chi connectivity index (χ0n) is 12.5. The van der Waals surface area contributed by atoms with Crippen molar-refractivity contribution in [2.45, 2.75) is 38.6 Å². The topological polar surface area (TPSA) is 64.3 Å². The molecule has 0 radical (unpaired) electrons. The van der Waals surface area contributed by atoms with Gasteiger partial charge in [0.1, 0.15) is 11.5 Å². The smallest absolute Gasteiger partial charge is 0.147 e. The Kier molecular flexibility index (Phi) is 7.92. The molecule has 0 aliphatic carbocycles. The summed E-state index contributed by atoms with van der Waals surface area (Å²) in [6.45, 7) is 3.09. The molecule has 0 aliphatic rings. The molecule has 3 N–H and O–H groups in total. The van der Waals surface area contributed by atoms with Crippen LogP contribution in [0.25, 0.3) is 0 Å². The first kappa shape index (κ1) is 16.7. The van der Waals surface area contributed by atoms with Gasteiger partial charge in [0, 0.05) is 0 Å². The summed E-state index contributed by atoms with van der Waals surface area (Å²) in [6.07, 6.45) is 3.91. The van der Waals surface area contributed by atoms with Crippen molar-refractivity contribution < 1.29 is 9.53 Å². The molecule has 1 aromatic rings. The van der Waals surface area contributed by atoms with Gasteiger partial charge < -0.3 is 15.8 Å². The molecule has 4 heteroatoms. The van der Waals surface area contributed by atoms with Crippen molar-refractivity contribution in [3.05, 3.63) is 29.8 Å². The third kappa shape index (κ3) is 6.17. The first-order valence-corrected chi connectivity index (χ1v) is 7.27. The Labute approximate surface area is 121 Å². The van der Waals surface area contributed by atoms with Crippen LogP contribution in [0.5, 0.6) is 5.75 Å². The highest BCUT2D eigenvalue weighted by Crippen LogP contribution is 2.14. The van der Waals surface area contributed by atoms with Crippen LogP contribution in [0.3, 0.4) is 0 Å². The lowest BCUT2D eigenvalue weighted by Crippen LogP contribution is -2.34. The number of likely N-dealkylation sites (N-methyl/N-ethyl adjacent to an activating group) is 1. The van der Waals surface area contributed by atoms with Gasteiger partial charge in [-0.15, -0.1) is 0 Å². The van der Waals surface area contributed by atoms with E-state index in [1.54, 1.807) is 6.92 Å². The number of unbranched alkanes of at least 4 members (excludes halogenated alkanes) is 2. The van der Waals surface area contributed by atoms with Crippen LogP contribution in [0, 0.1) is 0 Å². The first-order valence-electron chi connectivity index (χ1n) is 7.27. The van der Waals surface area contributed by atoms with Crippen LogP contribution in [0.4, 0.5) is 0 Å². The minimum Gasteiger partial charge on any atom is -0.494 e. The van der Waals surface area contributed by atoms with Gasteiger partial charge in [-0.25, -0.2) is 0 Å². The first-order chi connectivity index (χ1) is 9.67. The van der Waals surface area contributed by atoms with Gasteiger partial charge >= 0.3 is 0 Å². The number of ether oxygens (including phenoxy) is 1. The van der Waals surface area contributed by atoms with Gasteiger partial charge in [-0.1, -0.05) is 12.1 Å². The summed E-state index contributed by atoms with van der Waals surface area (Å²) in [5.41, 5.74) is 6.58. The summed E-state index contributed by atoms with van der Waals surface area (Å²) in [4.78, 5) is 11.4. The predicted molar refractivity (Wildman–Crippen MR) is 82.1 cm³/mol. The Morgan fingerprint density at radius 3 is 2.50 bits per heavy atom. The molecule has 0 aromatic heterocycles. The van der Waals surface area contributed by atoms with E-state index < -0.39 is 0 Å². The second kappa shape index (κ2) is 9.50. The molecule has 0 heterocycles. The molecule has 1 aromatic carbocycles. The third-order valence-electron chi connectivity index (χ3n) is 3.32. The molecule has 0 amide bonds. The number of Topliss-reactive ketones (excluding diaryl/α,β-unsaturated/α-hetero) is 1. The molecule has 0 bridgehead atoms. The van der Waals surface area contributed by atoms with Gasteiger partial charge in [0.25, 0.3) is 0 Å². The highest BCUT2D eigenvalue weighted by atomic mass is 16.5. The largest absolute Gasteiger partial charge is 0.494 e. The number of rotatable bonds is 10. The van der Waals surface area contributed by atoms with E-state index in [1.165, 1.54) is 0 Å². The SMILES string of the molecule is CNC(Cc1ccc(OCCCCCN)cc1)C(C)=O. The minimum atomic E-state index is -0.113. The van der Waals surface area contributed by atoms with Crippen LogP contribution < -0.4 is 15.8 Å². The summed E-state index contributed by atoms with van der Waals surface area (Å²) in [6, 6.07) is 7.85. The molecular formula is C16H26N2O2. The third-order valence-corrected chi connectivity index (χ3v) is 3.32. The van der Waals surface area contributed by atoms with E-state index in [-0.39, 0.29) is 11.8 Å². The van der Waals surface area contributed by atoms with E-state index in [4.69, 9.17) is 10.5 Å². The monoisotopic (exact) mass is 278 g/mol. The maximum absolute atomic E-state index is 11.4. The fraction of sp³-hybridized carbons (Fsp3) is 0.562. The number of hydrogen-bond donors (Lipinski definition) is 2. The van der Waals surface area contributed by atoms with Crippen molar-refractivity contribution in [3.8, 4) is 5.75 Å². The maximum atomic E-state index is 11.4. The molecule has 20 heavy (non-hydrogen) atoms. The van der Waals surface area contributed by atoms with Gasteiger partial charge in [0.15, 0.2) is 0 Å². The Bertz CT molecular complexity index is 390. The maximum Gasteiger partial charge on any atom is 0.147 e. The van der Waals surface area contributed by atoms with Crippen molar-refractivity contribution in [1.82, 2.24) is 5.32 Å². The van der Waals surface area contributed by atoms with E-state index in [0.29, 0.717) is 6.42 Å². The van der Waals surface area contributed by atoms with Crippen molar-refractivity contribution >= 4 is 5.78 Å². The van der Waals surface area contributed by atoms with Crippen LogP contribution in [0.15, 0.2) is 24.3 Å². The predicted octanol–water partition coefficient (Wildman–Crippen LogP) is 1.91. The zero-order chi connectivity index (χ0) is 14.8. The van der Waals surface area contributed by atoms with E-state index in [1.807, 2.05) is 31.3 Å². The number of nitrogens with one attached hydrogen (secondary N) is 1. The van der Waals surface area contributed by atoms with E-state index in [9.17, 15) is 4.79 Å². The highest BCUT2D eigenvalue weighted by Gasteiger charge is 2.11. The average molecular weight is 278 g/mol. The summed E-state index contributed by atoms with van der Waals surface area (Å²) in [5.74, 6) is 1.04. The fourth-order valence-electron chi connectivity index (χ4n) is 2.02. The molecule has 0 spiro atoms. The molecule has 112 valence electrons.